The highest BCUT2D eigenvalue weighted by molar-refractivity contribution is 5.96. The number of piperazine rings is 1. The molecule has 5 rings (SSSR count). The Balaban J connectivity index is 1.55. The van der Waals surface area contributed by atoms with Crippen LogP contribution in [0, 0.1) is 12.7 Å². The van der Waals surface area contributed by atoms with Gasteiger partial charge in [0.1, 0.15) is 5.82 Å². The number of nitrogens with one attached hydrogen (secondary N) is 3. The monoisotopic (exact) mass is 444 g/mol. The lowest BCUT2D eigenvalue weighted by molar-refractivity contribution is 0.153. The van der Waals surface area contributed by atoms with Gasteiger partial charge in [-0.15, -0.1) is 0 Å². The predicted octanol–water partition coefficient (Wildman–Crippen LogP) is 3.92. The molecule has 0 spiro atoms. The van der Waals surface area contributed by atoms with Crippen molar-refractivity contribution >= 4 is 33.7 Å². The first-order valence-corrected chi connectivity index (χ1v) is 10.4. The molecule has 1 saturated heterocycles. The minimum atomic E-state index is -2.70. The van der Waals surface area contributed by atoms with Crippen molar-refractivity contribution in [3.05, 3.63) is 41.6 Å². The van der Waals surface area contributed by atoms with Crippen LogP contribution in [0.1, 0.15) is 31.7 Å². The first-order chi connectivity index (χ1) is 15.3. The van der Waals surface area contributed by atoms with Crippen molar-refractivity contribution in [3.8, 4) is 0 Å². The van der Waals surface area contributed by atoms with Crippen molar-refractivity contribution in [2.24, 2.45) is 0 Å². The van der Waals surface area contributed by atoms with E-state index in [4.69, 9.17) is 0 Å². The van der Waals surface area contributed by atoms with E-state index in [1.54, 1.807) is 13.1 Å². The van der Waals surface area contributed by atoms with Crippen molar-refractivity contribution in [1.29, 1.82) is 0 Å². The summed E-state index contributed by atoms with van der Waals surface area (Å²) in [6, 6.07) is 5.07. The first kappa shape index (κ1) is 20.6. The zero-order valence-corrected chi connectivity index (χ0v) is 17.8. The van der Waals surface area contributed by atoms with Gasteiger partial charge < -0.3 is 15.5 Å². The van der Waals surface area contributed by atoms with E-state index in [0.717, 1.165) is 0 Å². The SMILES string of the molecule is Cc1nc2c(F)cc(Nc3n[nH]c4cc(N5C[C@@H](C)N[C@@H](C)C5)cc(C(F)F)c34)cn2n1. The summed E-state index contributed by atoms with van der Waals surface area (Å²) in [7, 11) is 0. The summed E-state index contributed by atoms with van der Waals surface area (Å²) in [6.45, 7) is 7.23. The molecular formula is C21H23F3N8. The average molecular weight is 444 g/mol. The number of fused-ring (bicyclic) bond motifs is 2. The fourth-order valence-electron chi connectivity index (χ4n) is 4.41. The second-order valence-corrected chi connectivity index (χ2v) is 8.33. The molecule has 3 aromatic heterocycles. The highest BCUT2D eigenvalue weighted by Crippen LogP contribution is 2.37. The lowest BCUT2D eigenvalue weighted by Crippen LogP contribution is -2.54. The van der Waals surface area contributed by atoms with Gasteiger partial charge in [-0.2, -0.15) is 10.2 Å². The first-order valence-electron chi connectivity index (χ1n) is 10.4. The Labute approximate surface area is 181 Å². The number of aryl methyl sites for hydroxylation is 1. The van der Waals surface area contributed by atoms with Crippen LogP contribution < -0.4 is 15.5 Å². The highest BCUT2D eigenvalue weighted by atomic mass is 19.3. The van der Waals surface area contributed by atoms with E-state index in [1.807, 2.05) is 6.07 Å². The molecule has 0 bridgehead atoms. The maximum absolute atomic E-state index is 14.4. The Bertz CT molecular complexity index is 1290. The molecule has 168 valence electrons. The van der Waals surface area contributed by atoms with Gasteiger partial charge >= 0.3 is 0 Å². The molecule has 8 nitrogen and oxygen atoms in total. The summed E-state index contributed by atoms with van der Waals surface area (Å²) in [5.41, 5.74) is 1.48. The summed E-state index contributed by atoms with van der Waals surface area (Å²) < 4.78 is 43.9. The molecule has 1 aromatic carbocycles. The van der Waals surface area contributed by atoms with Crippen LogP contribution in [-0.4, -0.2) is 50.0 Å². The number of pyridine rings is 1. The van der Waals surface area contributed by atoms with Gasteiger partial charge in [0.2, 0.25) is 0 Å². The van der Waals surface area contributed by atoms with E-state index in [2.05, 4.69) is 49.7 Å². The molecule has 0 radical (unpaired) electrons. The average Bonchev–Trinajstić information content (AvgIpc) is 3.29. The maximum Gasteiger partial charge on any atom is 0.264 e. The number of benzene rings is 1. The van der Waals surface area contributed by atoms with Crippen LogP contribution in [0.5, 0.6) is 0 Å². The molecule has 2 atom stereocenters. The zero-order valence-electron chi connectivity index (χ0n) is 17.8. The fraction of sp³-hybridized carbons (Fsp3) is 0.381. The number of rotatable bonds is 4. The normalized spacial score (nSPS) is 19.4. The zero-order chi connectivity index (χ0) is 22.6. The minimum Gasteiger partial charge on any atom is -0.368 e. The van der Waals surface area contributed by atoms with Crippen LogP contribution in [0.15, 0.2) is 24.4 Å². The van der Waals surface area contributed by atoms with Crippen molar-refractivity contribution < 1.29 is 13.2 Å². The number of hydrogen-bond acceptors (Lipinski definition) is 6. The summed E-state index contributed by atoms with van der Waals surface area (Å²) in [4.78, 5) is 6.12. The smallest absolute Gasteiger partial charge is 0.264 e. The summed E-state index contributed by atoms with van der Waals surface area (Å²) in [6.07, 6.45) is -1.16. The van der Waals surface area contributed by atoms with Crippen molar-refractivity contribution in [3.63, 3.8) is 0 Å². The van der Waals surface area contributed by atoms with Crippen LogP contribution in [0.3, 0.4) is 0 Å². The van der Waals surface area contributed by atoms with Gasteiger partial charge in [-0.25, -0.2) is 22.7 Å². The number of alkyl halides is 2. The topological polar surface area (TPSA) is 86.2 Å². The number of halogens is 3. The van der Waals surface area contributed by atoms with Crippen molar-refractivity contribution in [2.45, 2.75) is 39.3 Å². The van der Waals surface area contributed by atoms with Crippen LogP contribution in [0.2, 0.25) is 0 Å². The lowest BCUT2D eigenvalue weighted by atomic mass is 10.1. The van der Waals surface area contributed by atoms with Crippen LogP contribution in [-0.2, 0) is 0 Å². The van der Waals surface area contributed by atoms with Gasteiger partial charge in [0.05, 0.1) is 22.8 Å². The van der Waals surface area contributed by atoms with Gasteiger partial charge in [0.25, 0.3) is 6.43 Å². The van der Waals surface area contributed by atoms with Gasteiger partial charge in [-0.05, 0) is 32.9 Å². The lowest BCUT2D eigenvalue weighted by Gasteiger charge is -2.37. The van der Waals surface area contributed by atoms with Gasteiger partial charge in [-0.1, -0.05) is 0 Å². The third kappa shape index (κ3) is 3.62. The van der Waals surface area contributed by atoms with E-state index in [-0.39, 0.29) is 34.5 Å². The van der Waals surface area contributed by atoms with Crippen molar-refractivity contribution in [1.82, 2.24) is 30.1 Å². The third-order valence-corrected chi connectivity index (χ3v) is 5.59. The quantitative estimate of drug-likeness (QED) is 0.442. The second-order valence-electron chi connectivity index (χ2n) is 8.33. The van der Waals surface area contributed by atoms with Crippen LogP contribution in [0.25, 0.3) is 16.6 Å². The predicted molar refractivity (Wildman–Crippen MR) is 116 cm³/mol. The Morgan fingerprint density at radius 1 is 1.16 bits per heavy atom. The molecule has 4 aromatic rings. The number of aromatic amines is 1. The number of H-pyrrole nitrogens is 1. The Hall–Kier alpha value is -3.34. The molecule has 1 aliphatic heterocycles. The molecule has 0 unspecified atom stereocenters. The molecule has 3 N–H and O–H groups in total. The number of nitrogens with zero attached hydrogens (tertiary/aromatic N) is 5. The molecular weight excluding hydrogens is 421 g/mol. The molecule has 32 heavy (non-hydrogen) atoms. The van der Waals surface area contributed by atoms with E-state index in [0.29, 0.717) is 35.8 Å². The Kier molecular flexibility index (Phi) is 4.92. The van der Waals surface area contributed by atoms with Gasteiger partial charge in [0, 0.05) is 42.5 Å². The van der Waals surface area contributed by atoms with Crippen LogP contribution >= 0.6 is 0 Å². The molecule has 0 saturated carbocycles. The molecule has 1 aliphatic rings. The molecule has 0 amide bonds. The fourth-order valence-corrected chi connectivity index (χ4v) is 4.41. The highest BCUT2D eigenvalue weighted by Gasteiger charge is 2.25. The minimum absolute atomic E-state index is 0.0947. The molecule has 11 heteroatoms. The standard InChI is InChI=1S/C21H23F3N8/c1-10-7-31(8-11(2)25-10)14-5-15(19(23)24)18-17(6-14)28-29-20(18)27-13-4-16(22)21-26-12(3)30-32(21)9-13/h4-6,9-11,19,25H,7-8H2,1-3H3,(H2,27,28,29)/t10-,11+. The van der Waals surface area contributed by atoms with E-state index in [9.17, 15) is 13.2 Å². The Morgan fingerprint density at radius 2 is 1.91 bits per heavy atom. The van der Waals surface area contributed by atoms with E-state index in [1.165, 1.54) is 16.6 Å². The number of aromatic nitrogens is 5. The van der Waals surface area contributed by atoms with Crippen LogP contribution in [0.4, 0.5) is 30.4 Å². The summed E-state index contributed by atoms with van der Waals surface area (Å²) >= 11 is 0. The maximum atomic E-state index is 14.4. The number of anilines is 3. The van der Waals surface area contributed by atoms with E-state index >= 15 is 0 Å². The Morgan fingerprint density at radius 3 is 2.62 bits per heavy atom. The third-order valence-electron chi connectivity index (χ3n) is 5.59. The van der Waals surface area contributed by atoms with Crippen molar-refractivity contribution in [2.75, 3.05) is 23.3 Å². The second kappa shape index (κ2) is 7.66. The molecule has 1 fully saturated rings. The molecule has 4 heterocycles. The van der Waals surface area contributed by atoms with Gasteiger partial charge in [0.15, 0.2) is 17.3 Å². The largest absolute Gasteiger partial charge is 0.368 e. The summed E-state index contributed by atoms with van der Waals surface area (Å²) in [5.74, 6) is 0.0450. The van der Waals surface area contributed by atoms with Gasteiger partial charge in [-0.3, -0.25) is 5.10 Å². The molecule has 0 aliphatic carbocycles. The summed E-state index contributed by atoms with van der Waals surface area (Å²) in [5, 5.41) is 17.8. The number of hydrogen-bond donors (Lipinski definition) is 3. The van der Waals surface area contributed by atoms with E-state index < -0.39 is 12.2 Å².